The molecule has 16 heavy (non-hydrogen) atoms. The largest absolute Gasteiger partial charge is 0.573 e. The molecule has 0 bridgehead atoms. The molecule has 1 aromatic rings. The number of pyridine rings is 1. The summed E-state index contributed by atoms with van der Waals surface area (Å²) in [7, 11) is 0. The van der Waals surface area contributed by atoms with E-state index in [0.717, 1.165) is 6.07 Å². The Morgan fingerprint density at radius 3 is 2.50 bits per heavy atom. The minimum absolute atomic E-state index is 0.238. The van der Waals surface area contributed by atoms with Crippen LogP contribution in [-0.4, -0.2) is 16.5 Å². The predicted molar refractivity (Wildman–Crippen MR) is 46.4 cm³/mol. The van der Waals surface area contributed by atoms with Crippen molar-refractivity contribution in [2.45, 2.75) is 18.8 Å². The summed E-state index contributed by atoms with van der Waals surface area (Å²) in [5.74, 6) is -2.14. The molecule has 0 spiro atoms. The minimum Gasteiger partial charge on any atom is -0.404 e. The molecule has 0 aliphatic carbocycles. The van der Waals surface area contributed by atoms with Crippen molar-refractivity contribution in [1.29, 1.82) is 0 Å². The molecule has 0 atom stereocenters. The summed E-state index contributed by atoms with van der Waals surface area (Å²) in [6.45, 7) is -0.870. The third-order valence-electron chi connectivity index (χ3n) is 1.61. The zero-order valence-corrected chi connectivity index (χ0v) is 8.44. The molecule has 3 nitrogen and oxygen atoms in total. The molecule has 0 fully saturated rings. The topological polar surface area (TPSA) is 42.4 Å². The second-order valence-electron chi connectivity index (χ2n) is 2.72. The van der Waals surface area contributed by atoms with Gasteiger partial charge in [0.1, 0.15) is 5.69 Å². The van der Waals surface area contributed by atoms with E-state index in [1.165, 1.54) is 0 Å². The van der Waals surface area contributed by atoms with Crippen LogP contribution >= 0.6 is 11.6 Å². The highest BCUT2D eigenvalue weighted by Gasteiger charge is 2.32. The van der Waals surface area contributed by atoms with Crippen molar-refractivity contribution in [1.82, 2.24) is 4.98 Å². The monoisotopic (exact) mass is 259 g/mol. The number of aromatic nitrogens is 1. The van der Waals surface area contributed by atoms with Crippen LogP contribution in [0.4, 0.5) is 17.6 Å². The molecule has 0 saturated carbocycles. The standard InChI is InChI=1S/C8H6ClF4NO2/c9-2-4-1-6(16-8(11,12)13)5(3-15)14-7(4)10/h1,15H,2-3H2. The van der Waals surface area contributed by atoms with Crippen molar-refractivity contribution in [3.63, 3.8) is 0 Å². The Morgan fingerprint density at radius 2 is 2.06 bits per heavy atom. The average Bonchev–Trinajstić information content (AvgIpc) is 2.18. The number of rotatable bonds is 3. The number of aliphatic hydroxyl groups is 1. The Hall–Kier alpha value is -1.08. The van der Waals surface area contributed by atoms with Crippen LogP contribution in [-0.2, 0) is 12.5 Å². The number of hydrogen-bond donors (Lipinski definition) is 1. The highest BCUT2D eigenvalue weighted by atomic mass is 35.5. The Balaban J connectivity index is 3.15. The third-order valence-corrected chi connectivity index (χ3v) is 1.90. The molecule has 0 saturated heterocycles. The first kappa shape index (κ1) is 13.0. The van der Waals surface area contributed by atoms with Gasteiger partial charge in [0.15, 0.2) is 5.75 Å². The van der Waals surface area contributed by atoms with Gasteiger partial charge in [-0.25, -0.2) is 4.98 Å². The Labute approximate surface area is 92.6 Å². The molecular weight excluding hydrogens is 254 g/mol. The molecule has 0 aliphatic heterocycles. The van der Waals surface area contributed by atoms with Gasteiger partial charge in [-0.05, 0) is 6.07 Å². The molecule has 1 rings (SSSR count). The molecular formula is C8H6ClF4NO2. The molecule has 1 aromatic heterocycles. The lowest BCUT2D eigenvalue weighted by Gasteiger charge is -2.12. The molecule has 0 amide bonds. The van der Waals surface area contributed by atoms with Gasteiger partial charge in [0.2, 0.25) is 5.95 Å². The summed E-state index contributed by atoms with van der Waals surface area (Å²) in [6, 6.07) is 0.758. The van der Waals surface area contributed by atoms with Crippen LogP contribution in [0.25, 0.3) is 0 Å². The van der Waals surface area contributed by atoms with Gasteiger partial charge in [-0.15, -0.1) is 24.8 Å². The first-order valence-corrected chi connectivity index (χ1v) is 4.51. The van der Waals surface area contributed by atoms with Crippen LogP contribution in [0.2, 0.25) is 0 Å². The molecule has 0 aromatic carbocycles. The van der Waals surface area contributed by atoms with Gasteiger partial charge in [-0.3, -0.25) is 0 Å². The zero-order valence-electron chi connectivity index (χ0n) is 7.68. The summed E-state index contributed by atoms with van der Waals surface area (Å²) in [6.07, 6.45) is -4.94. The predicted octanol–water partition coefficient (Wildman–Crippen LogP) is 2.35. The molecule has 8 heteroatoms. The SMILES string of the molecule is OCc1nc(F)c(CCl)cc1OC(F)(F)F. The smallest absolute Gasteiger partial charge is 0.404 e. The number of hydrogen-bond acceptors (Lipinski definition) is 3. The average molecular weight is 260 g/mol. The minimum atomic E-state index is -4.94. The maximum absolute atomic E-state index is 13.0. The lowest BCUT2D eigenvalue weighted by Crippen LogP contribution is -2.19. The van der Waals surface area contributed by atoms with E-state index in [4.69, 9.17) is 16.7 Å². The lowest BCUT2D eigenvalue weighted by molar-refractivity contribution is -0.275. The molecule has 0 unspecified atom stereocenters. The summed E-state index contributed by atoms with van der Waals surface area (Å²) in [5, 5.41) is 8.69. The zero-order chi connectivity index (χ0) is 12.3. The van der Waals surface area contributed by atoms with Crippen molar-refractivity contribution >= 4 is 11.6 Å². The Morgan fingerprint density at radius 1 is 1.44 bits per heavy atom. The van der Waals surface area contributed by atoms with Crippen molar-refractivity contribution in [2.75, 3.05) is 0 Å². The van der Waals surface area contributed by atoms with Crippen molar-refractivity contribution in [3.05, 3.63) is 23.3 Å². The van der Waals surface area contributed by atoms with Crippen molar-refractivity contribution in [3.8, 4) is 5.75 Å². The second-order valence-corrected chi connectivity index (χ2v) is 2.99. The highest BCUT2D eigenvalue weighted by Crippen LogP contribution is 2.27. The van der Waals surface area contributed by atoms with Gasteiger partial charge >= 0.3 is 6.36 Å². The van der Waals surface area contributed by atoms with Gasteiger partial charge in [0.25, 0.3) is 0 Å². The van der Waals surface area contributed by atoms with E-state index in [1.807, 2.05) is 0 Å². The maximum atomic E-state index is 13.0. The van der Waals surface area contributed by atoms with Crippen LogP contribution in [0.1, 0.15) is 11.3 Å². The number of ether oxygens (including phenoxy) is 1. The van der Waals surface area contributed by atoms with E-state index in [-0.39, 0.29) is 11.4 Å². The van der Waals surface area contributed by atoms with Gasteiger partial charge < -0.3 is 9.84 Å². The fourth-order valence-electron chi connectivity index (χ4n) is 0.967. The fraction of sp³-hybridized carbons (Fsp3) is 0.375. The Bertz CT molecular complexity index is 383. The van der Waals surface area contributed by atoms with Crippen molar-refractivity contribution in [2.24, 2.45) is 0 Å². The van der Waals surface area contributed by atoms with Crippen LogP contribution in [0, 0.1) is 5.95 Å². The molecule has 1 heterocycles. The van der Waals surface area contributed by atoms with Gasteiger partial charge in [0, 0.05) is 5.56 Å². The molecule has 1 N–H and O–H groups in total. The van der Waals surface area contributed by atoms with Crippen LogP contribution in [0.15, 0.2) is 6.07 Å². The summed E-state index contributed by atoms with van der Waals surface area (Å²) >= 11 is 5.29. The quantitative estimate of drug-likeness (QED) is 0.515. The van der Waals surface area contributed by atoms with E-state index < -0.39 is 30.4 Å². The fourth-order valence-corrected chi connectivity index (χ4v) is 1.15. The maximum Gasteiger partial charge on any atom is 0.573 e. The van der Waals surface area contributed by atoms with Gasteiger partial charge in [-0.2, -0.15) is 4.39 Å². The number of halogens is 5. The first-order valence-electron chi connectivity index (χ1n) is 3.98. The van der Waals surface area contributed by atoms with E-state index in [0.29, 0.717) is 0 Å². The lowest BCUT2D eigenvalue weighted by atomic mass is 10.2. The molecule has 90 valence electrons. The van der Waals surface area contributed by atoms with E-state index in [1.54, 1.807) is 0 Å². The van der Waals surface area contributed by atoms with E-state index >= 15 is 0 Å². The number of alkyl halides is 4. The molecule has 0 aliphatic rings. The summed E-state index contributed by atoms with van der Waals surface area (Å²) in [4.78, 5) is 3.12. The van der Waals surface area contributed by atoms with Crippen LogP contribution in [0.3, 0.4) is 0 Å². The number of nitrogens with zero attached hydrogens (tertiary/aromatic N) is 1. The van der Waals surface area contributed by atoms with Crippen molar-refractivity contribution < 1.29 is 27.4 Å². The third kappa shape index (κ3) is 3.21. The Kier molecular flexibility index (Phi) is 3.93. The summed E-state index contributed by atoms with van der Waals surface area (Å²) < 4.78 is 52.4. The van der Waals surface area contributed by atoms with Gasteiger partial charge in [-0.1, -0.05) is 0 Å². The highest BCUT2D eigenvalue weighted by molar-refractivity contribution is 6.17. The first-order chi connectivity index (χ1) is 7.37. The second kappa shape index (κ2) is 4.84. The van der Waals surface area contributed by atoms with Gasteiger partial charge in [0.05, 0.1) is 12.5 Å². The van der Waals surface area contributed by atoms with E-state index in [9.17, 15) is 17.6 Å². The molecule has 0 radical (unpaired) electrons. The van der Waals surface area contributed by atoms with Crippen LogP contribution in [0.5, 0.6) is 5.75 Å². The normalized spacial score (nSPS) is 11.6. The summed E-state index contributed by atoms with van der Waals surface area (Å²) in [5.41, 5.74) is -0.776. The van der Waals surface area contributed by atoms with Crippen LogP contribution < -0.4 is 4.74 Å². The van der Waals surface area contributed by atoms with E-state index in [2.05, 4.69) is 9.72 Å². The number of aliphatic hydroxyl groups excluding tert-OH is 1.